The molecule has 186 valence electrons. The first kappa shape index (κ1) is 24.1. The average molecular weight is 493 g/mol. The van der Waals surface area contributed by atoms with Crippen LogP contribution < -0.4 is 10.1 Å². The molecule has 2 amide bonds. The van der Waals surface area contributed by atoms with Gasteiger partial charge in [0.2, 0.25) is 0 Å². The number of esters is 1. The molecule has 6 heteroatoms. The van der Waals surface area contributed by atoms with Crippen LogP contribution in [0.4, 0.5) is 10.5 Å². The first-order valence-electron chi connectivity index (χ1n) is 12.2. The molecule has 6 nitrogen and oxygen atoms in total. The minimum atomic E-state index is -0.544. The highest BCUT2D eigenvalue weighted by Crippen LogP contribution is 2.32. The van der Waals surface area contributed by atoms with Gasteiger partial charge in [-0.25, -0.2) is 9.59 Å². The minimum Gasteiger partial charge on any atom is -0.480 e. The van der Waals surface area contributed by atoms with Crippen LogP contribution in [0.3, 0.4) is 0 Å². The monoisotopic (exact) mass is 492 g/mol. The number of amides is 2. The zero-order valence-electron chi connectivity index (χ0n) is 20.6. The van der Waals surface area contributed by atoms with Crippen molar-refractivity contribution < 1.29 is 19.1 Å². The molecule has 1 aliphatic rings. The molecule has 4 aromatic rings. The Morgan fingerprint density at radius 3 is 2.08 bits per heavy atom. The van der Waals surface area contributed by atoms with Crippen molar-refractivity contribution in [2.24, 2.45) is 0 Å². The quantitative estimate of drug-likeness (QED) is 0.324. The Hall–Kier alpha value is -4.58. The van der Waals surface area contributed by atoms with Gasteiger partial charge in [-0.1, -0.05) is 84.9 Å². The van der Waals surface area contributed by atoms with Crippen molar-refractivity contribution in [3.8, 4) is 5.75 Å². The highest BCUT2D eigenvalue weighted by molar-refractivity contribution is 5.96. The van der Waals surface area contributed by atoms with Crippen LogP contribution in [0.2, 0.25) is 0 Å². The zero-order chi connectivity index (χ0) is 25.6. The number of nitrogens with zero attached hydrogens (tertiary/aromatic N) is 1. The van der Waals surface area contributed by atoms with Gasteiger partial charge in [0.05, 0.1) is 7.11 Å². The molecule has 0 aromatic heterocycles. The van der Waals surface area contributed by atoms with Crippen molar-refractivity contribution in [2.45, 2.75) is 19.1 Å². The van der Waals surface area contributed by atoms with Gasteiger partial charge >= 0.3 is 12.0 Å². The van der Waals surface area contributed by atoms with E-state index in [1.807, 2.05) is 78.9 Å². The molecule has 0 unspecified atom stereocenters. The summed E-state index contributed by atoms with van der Waals surface area (Å²) in [6.45, 7) is 1.17. The fourth-order valence-electron chi connectivity index (χ4n) is 4.56. The predicted octanol–water partition coefficient (Wildman–Crippen LogP) is 6.23. The third-order valence-corrected chi connectivity index (χ3v) is 6.50. The average Bonchev–Trinajstić information content (AvgIpc) is 2.96. The van der Waals surface area contributed by atoms with Crippen LogP contribution in [-0.4, -0.2) is 30.6 Å². The first-order chi connectivity index (χ1) is 18.1. The van der Waals surface area contributed by atoms with E-state index in [1.54, 1.807) is 23.1 Å². The normalized spacial score (nSPS) is 12.5. The van der Waals surface area contributed by atoms with Gasteiger partial charge in [-0.2, -0.15) is 0 Å². The number of hydrogen-bond donors (Lipinski definition) is 1. The van der Waals surface area contributed by atoms with Gasteiger partial charge in [-0.3, -0.25) is 0 Å². The van der Waals surface area contributed by atoms with Gasteiger partial charge in [-0.05, 0) is 46.9 Å². The molecule has 1 aliphatic heterocycles. The number of benzene rings is 4. The summed E-state index contributed by atoms with van der Waals surface area (Å²) in [7, 11) is 1.33. The number of carbonyl (C=O) groups is 2. The summed E-state index contributed by atoms with van der Waals surface area (Å²) >= 11 is 0. The summed E-state index contributed by atoms with van der Waals surface area (Å²) in [6.07, 6.45) is 0.379. The molecule has 0 radical (unpaired) electrons. The lowest BCUT2D eigenvalue weighted by Crippen LogP contribution is -2.38. The topological polar surface area (TPSA) is 67.9 Å². The van der Waals surface area contributed by atoms with E-state index in [9.17, 15) is 9.59 Å². The number of carbonyl (C=O) groups excluding carboxylic acids is 2. The fourth-order valence-corrected chi connectivity index (χ4v) is 4.56. The Labute approximate surface area is 216 Å². The van der Waals surface area contributed by atoms with Gasteiger partial charge in [0.25, 0.3) is 0 Å². The third-order valence-electron chi connectivity index (χ3n) is 6.50. The van der Waals surface area contributed by atoms with Crippen LogP contribution in [-0.2, 0) is 17.7 Å². The van der Waals surface area contributed by atoms with E-state index in [-0.39, 0.29) is 11.6 Å². The molecule has 0 aliphatic carbocycles. The largest absolute Gasteiger partial charge is 0.480 e. The van der Waals surface area contributed by atoms with Gasteiger partial charge in [-0.15, -0.1) is 0 Å². The molecule has 0 atom stereocenters. The van der Waals surface area contributed by atoms with E-state index in [0.717, 1.165) is 23.1 Å². The van der Waals surface area contributed by atoms with Crippen molar-refractivity contribution in [1.82, 2.24) is 4.90 Å². The van der Waals surface area contributed by atoms with Gasteiger partial charge in [0.1, 0.15) is 17.4 Å². The van der Waals surface area contributed by atoms with Crippen LogP contribution in [0.5, 0.6) is 5.75 Å². The molecule has 0 bridgehead atoms. The summed E-state index contributed by atoms with van der Waals surface area (Å²) in [6, 6.07) is 32.6. The lowest BCUT2D eigenvalue weighted by Gasteiger charge is -2.29. The molecule has 0 spiro atoms. The maximum absolute atomic E-state index is 13.0. The molecule has 5 rings (SSSR count). The van der Waals surface area contributed by atoms with E-state index < -0.39 is 12.1 Å². The number of fused-ring (bicyclic) bond motifs is 1. The number of ether oxygens (including phenoxy) is 2. The van der Waals surface area contributed by atoms with E-state index >= 15 is 0 Å². The second-order valence-electron chi connectivity index (χ2n) is 8.89. The predicted molar refractivity (Wildman–Crippen MR) is 143 cm³/mol. The number of anilines is 1. The van der Waals surface area contributed by atoms with Crippen LogP contribution >= 0.6 is 0 Å². The molecule has 0 saturated carbocycles. The van der Waals surface area contributed by atoms with E-state index in [1.165, 1.54) is 12.7 Å². The second-order valence-corrected chi connectivity index (χ2v) is 8.89. The maximum Gasteiger partial charge on any atom is 0.341 e. The van der Waals surface area contributed by atoms with E-state index in [4.69, 9.17) is 9.47 Å². The molecule has 1 N–H and O–H groups in total. The Bertz CT molecular complexity index is 1350. The number of nitrogens with one attached hydrogen (secondary N) is 1. The van der Waals surface area contributed by atoms with Crippen molar-refractivity contribution >= 4 is 17.7 Å². The van der Waals surface area contributed by atoms with Crippen LogP contribution in [0.1, 0.15) is 38.7 Å². The number of methoxy groups -OCH3 is 1. The fraction of sp³-hybridized carbons (Fsp3) is 0.161. The Balaban J connectivity index is 1.39. The molecule has 0 saturated heterocycles. The molecular weight excluding hydrogens is 464 g/mol. The summed E-state index contributed by atoms with van der Waals surface area (Å²) < 4.78 is 11.5. The second kappa shape index (κ2) is 11.0. The lowest BCUT2D eigenvalue weighted by atomic mass is 10.0. The minimum absolute atomic E-state index is 0.217. The van der Waals surface area contributed by atoms with E-state index in [0.29, 0.717) is 24.5 Å². The molecule has 37 heavy (non-hydrogen) atoms. The number of urea groups is 1. The maximum atomic E-state index is 13.0. The van der Waals surface area contributed by atoms with Gasteiger partial charge < -0.3 is 19.7 Å². The zero-order valence-corrected chi connectivity index (χ0v) is 20.6. The summed E-state index contributed by atoms with van der Waals surface area (Å²) in [5, 5.41) is 2.93. The lowest BCUT2D eigenvalue weighted by molar-refractivity contribution is 0.0594. The van der Waals surface area contributed by atoms with Gasteiger partial charge in [0, 0.05) is 18.8 Å². The summed E-state index contributed by atoms with van der Waals surface area (Å²) in [5.41, 5.74) is 5.05. The van der Waals surface area contributed by atoms with Crippen molar-refractivity contribution in [3.63, 3.8) is 0 Å². The summed E-state index contributed by atoms with van der Waals surface area (Å²) in [4.78, 5) is 27.5. The van der Waals surface area contributed by atoms with Crippen LogP contribution in [0.15, 0.2) is 103 Å². The molecule has 4 aromatic carbocycles. The molecule has 1 heterocycles. The SMILES string of the molecule is COC(=O)c1cc(NC(=O)N2CCc3ccccc3C2)ccc1OC(c1ccccc1)c1ccccc1. The van der Waals surface area contributed by atoms with Crippen molar-refractivity contribution in [2.75, 3.05) is 19.0 Å². The van der Waals surface area contributed by atoms with Crippen LogP contribution in [0, 0.1) is 0 Å². The van der Waals surface area contributed by atoms with Crippen molar-refractivity contribution in [3.05, 3.63) is 131 Å². The standard InChI is InChI=1S/C31H28N2O4/c1-36-30(34)27-20-26(32-31(35)33-19-18-22-10-8-9-15-25(22)21-33)16-17-28(27)37-29(23-11-4-2-5-12-23)24-13-6-3-7-14-24/h2-17,20,29H,18-19,21H2,1H3,(H,32,35). The Morgan fingerprint density at radius 2 is 1.43 bits per heavy atom. The van der Waals surface area contributed by atoms with E-state index in [2.05, 4.69) is 11.4 Å². The number of rotatable bonds is 6. The molecule has 0 fully saturated rings. The van der Waals surface area contributed by atoms with Gasteiger partial charge in [0.15, 0.2) is 0 Å². The Morgan fingerprint density at radius 1 is 0.811 bits per heavy atom. The highest BCUT2D eigenvalue weighted by Gasteiger charge is 2.23. The highest BCUT2D eigenvalue weighted by atomic mass is 16.5. The van der Waals surface area contributed by atoms with Crippen molar-refractivity contribution in [1.29, 1.82) is 0 Å². The first-order valence-corrected chi connectivity index (χ1v) is 12.2. The number of hydrogen-bond acceptors (Lipinski definition) is 4. The molecular formula is C31H28N2O4. The Kier molecular flexibility index (Phi) is 7.17. The smallest absolute Gasteiger partial charge is 0.341 e. The van der Waals surface area contributed by atoms with Crippen LogP contribution in [0.25, 0.3) is 0 Å². The third kappa shape index (κ3) is 5.48. The summed E-state index contributed by atoms with van der Waals surface area (Å²) in [5.74, 6) is -0.174.